The number of thiazole rings is 1. The van der Waals surface area contributed by atoms with Crippen LogP contribution in [0.5, 0.6) is 5.75 Å². The molecule has 4 rings (SSSR count). The number of aromatic nitrogens is 3. The number of nitrogens with one attached hydrogen (secondary N) is 1. The minimum absolute atomic E-state index is 0.213. The van der Waals surface area contributed by atoms with Gasteiger partial charge in [-0.15, -0.1) is 16.4 Å². The number of amides is 1. The second kappa shape index (κ2) is 7.56. The van der Waals surface area contributed by atoms with E-state index in [9.17, 15) is 4.79 Å². The van der Waals surface area contributed by atoms with Crippen molar-refractivity contribution in [3.63, 3.8) is 0 Å². The molecule has 1 amide bonds. The third-order valence-electron chi connectivity index (χ3n) is 3.65. The Labute approximate surface area is 168 Å². The largest absolute Gasteiger partial charge is 0.482 e. The Hall–Kier alpha value is -2.61. The molecule has 0 bridgehead atoms. The first-order valence-corrected chi connectivity index (χ1v) is 9.51. The summed E-state index contributed by atoms with van der Waals surface area (Å²) in [6.45, 7) is -0.238. The SMILES string of the molecule is O=C(COc1cc(Cl)ccc1Cl)Nc1nc2scc(-c3ccccc3)n2n1. The minimum atomic E-state index is -0.398. The fraction of sp³-hybridized carbons (Fsp3) is 0.0556. The summed E-state index contributed by atoms with van der Waals surface area (Å²) in [7, 11) is 0. The summed E-state index contributed by atoms with van der Waals surface area (Å²) in [5, 5.41) is 9.80. The topological polar surface area (TPSA) is 68.5 Å². The van der Waals surface area contributed by atoms with Crippen LogP contribution in [0.15, 0.2) is 53.9 Å². The van der Waals surface area contributed by atoms with E-state index in [1.165, 1.54) is 11.3 Å². The van der Waals surface area contributed by atoms with Crippen molar-refractivity contribution in [2.24, 2.45) is 0 Å². The van der Waals surface area contributed by atoms with Gasteiger partial charge in [-0.2, -0.15) is 4.98 Å². The fourth-order valence-electron chi connectivity index (χ4n) is 2.43. The molecule has 9 heteroatoms. The van der Waals surface area contributed by atoms with E-state index >= 15 is 0 Å². The second-order valence-electron chi connectivity index (χ2n) is 5.53. The molecule has 0 saturated heterocycles. The van der Waals surface area contributed by atoms with Gasteiger partial charge in [-0.1, -0.05) is 53.5 Å². The monoisotopic (exact) mass is 418 g/mol. The lowest BCUT2D eigenvalue weighted by atomic mass is 10.2. The first kappa shape index (κ1) is 17.8. The highest BCUT2D eigenvalue weighted by Gasteiger charge is 2.14. The molecule has 0 spiro atoms. The van der Waals surface area contributed by atoms with Gasteiger partial charge in [0.15, 0.2) is 6.61 Å². The van der Waals surface area contributed by atoms with Crippen LogP contribution >= 0.6 is 34.5 Å². The maximum Gasteiger partial charge on any atom is 0.264 e. The van der Waals surface area contributed by atoms with E-state index in [-0.39, 0.29) is 12.6 Å². The average Bonchev–Trinajstić information content (AvgIpc) is 3.23. The van der Waals surface area contributed by atoms with Crippen LogP contribution in [0.1, 0.15) is 0 Å². The molecule has 0 aliphatic rings. The summed E-state index contributed by atoms with van der Waals surface area (Å²) < 4.78 is 7.11. The van der Waals surface area contributed by atoms with Crippen molar-refractivity contribution in [3.8, 4) is 17.0 Å². The molecule has 2 aromatic carbocycles. The molecule has 0 aliphatic heterocycles. The molecule has 1 N–H and O–H groups in total. The summed E-state index contributed by atoms with van der Waals surface area (Å²) in [6.07, 6.45) is 0. The highest BCUT2D eigenvalue weighted by Crippen LogP contribution is 2.28. The maximum absolute atomic E-state index is 12.1. The fourth-order valence-corrected chi connectivity index (χ4v) is 3.60. The Kier molecular flexibility index (Phi) is 4.98. The first-order chi connectivity index (χ1) is 13.1. The van der Waals surface area contributed by atoms with Gasteiger partial charge in [-0.3, -0.25) is 10.1 Å². The minimum Gasteiger partial charge on any atom is -0.482 e. The van der Waals surface area contributed by atoms with Crippen LogP contribution in [0.2, 0.25) is 10.0 Å². The number of nitrogens with zero attached hydrogens (tertiary/aromatic N) is 3. The molecule has 0 fully saturated rings. The average molecular weight is 419 g/mol. The molecule has 0 unspecified atom stereocenters. The molecule has 0 atom stereocenters. The number of anilines is 1. The number of ether oxygens (including phenoxy) is 1. The van der Waals surface area contributed by atoms with E-state index < -0.39 is 5.91 Å². The summed E-state index contributed by atoms with van der Waals surface area (Å²) in [5.74, 6) is 0.153. The second-order valence-corrected chi connectivity index (χ2v) is 7.21. The maximum atomic E-state index is 12.1. The van der Waals surface area contributed by atoms with Gasteiger partial charge in [-0.05, 0) is 12.1 Å². The number of fused-ring (bicyclic) bond motifs is 1. The van der Waals surface area contributed by atoms with Gasteiger partial charge in [-0.25, -0.2) is 4.52 Å². The van der Waals surface area contributed by atoms with Crippen molar-refractivity contribution in [3.05, 3.63) is 64.0 Å². The Morgan fingerprint density at radius 2 is 2.00 bits per heavy atom. The van der Waals surface area contributed by atoms with E-state index in [4.69, 9.17) is 27.9 Å². The number of rotatable bonds is 5. The number of hydrogen-bond donors (Lipinski definition) is 1. The van der Waals surface area contributed by atoms with Crippen molar-refractivity contribution < 1.29 is 9.53 Å². The molecule has 0 radical (unpaired) electrons. The molecular formula is C18H12Cl2N4O2S. The lowest BCUT2D eigenvalue weighted by molar-refractivity contribution is -0.118. The standard InChI is InChI=1S/C18H12Cl2N4O2S/c19-12-6-7-13(20)15(8-12)26-9-16(25)21-17-22-18-24(23-17)14(10-27-18)11-4-2-1-3-5-11/h1-8,10H,9H2,(H,21,23,25). The van der Waals surface area contributed by atoms with Crippen LogP contribution in [0.3, 0.4) is 0 Å². The molecule has 2 aromatic heterocycles. The Morgan fingerprint density at radius 3 is 2.81 bits per heavy atom. The van der Waals surface area contributed by atoms with Crippen LogP contribution < -0.4 is 10.1 Å². The zero-order valence-electron chi connectivity index (χ0n) is 13.7. The Bertz CT molecular complexity index is 1110. The predicted octanol–water partition coefficient (Wildman–Crippen LogP) is 4.78. The van der Waals surface area contributed by atoms with Crippen molar-refractivity contribution in [2.75, 3.05) is 11.9 Å². The Balaban J connectivity index is 1.46. The van der Waals surface area contributed by atoms with Gasteiger partial charge in [0.25, 0.3) is 11.9 Å². The van der Waals surface area contributed by atoms with E-state index in [0.717, 1.165) is 11.3 Å². The van der Waals surface area contributed by atoms with Crippen molar-refractivity contribution in [1.82, 2.24) is 14.6 Å². The molecule has 0 aliphatic carbocycles. The van der Waals surface area contributed by atoms with Gasteiger partial charge >= 0.3 is 0 Å². The molecule has 0 saturated carbocycles. The van der Waals surface area contributed by atoms with Gasteiger partial charge in [0.05, 0.1) is 10.7 Å². The third-order valence-corrected chi connectivity index (χ3v) is 5.02. The van der Waals surface area contributed by atoms with E-state index in [1.54, 1.807) is 22.7 Å². The number of carbonyl (C=O) groups is 1. The van der Waals surface area contributed by atoms with Gasteiger partial charge in [0, 0.05) is 22.0 Å². The number of benzene rings is 2. The molecule has 136 valence electrons. The van der Waals surface area contributed by atoms with Gasteiger partial charge < -0.3 is 4.74 Å². The lowest BCUT2D eigenvalue weighted by Gasteiger charge is -2.07. The number of halogens is 2. The predicted molar refractivity (Wildman–Crippen MR) is 107 cm³/mol. The molecule has 4 aromatic rings. The van der Waals surface area contributed by atoms with E-state index in [2.05, 4.69) is 15.4 Å². The molecule has 6 nitrogen and oxygen atoms in total. The molecular weight excluding hydrogens is 407 g/mol. The zero-order chi connectivity index (χ0) is 18.8. The van der Waals surface area contributed by atoms with E-state index in [0.29, 0.717) is 20.8 Å². The highest BCUT2D eigenvalue weighted by atomic mass is 35.5. The van der Waals surface area contributed by atoms with Crippen molar-refractivity contribution >= 4 is 51.4 Å². The van der Waals surface area contributed by atoms with E-state index in [1.807, 2.05) is 35.7 Å². The summed E-state index contributed by atoms with van der Waals surface area (Å²) in [4.78, 5) is 17.1. The van der Waals surface area contributed by atoms with Gasteiger partial charge in [0.2, 0.25) is 4.96 Å². The van der Waals surface area contributed by atoms with Crippen molar-refractivity contribution in [1.29, 1.82) is 0 Å². The summed E-state index contributed by atoms with van der Waals surface area (Å²) in [6, 6.07) is 14.6. The smallest absolute Gasteiger partial charge is 0.264 e. The van der Waals surface area contributed by atoms with Gasteiger partial charge in [0.1, 0.15) is 5.75 Å². The zero-order valence-corrected chi connectivity index (χ0v) is 16.1. The molecule has 2 heterocycles. The van der Waals surface area contributed by atoms with Crippen molar-refractivity contribution in [2.45, 2.75) is 0 Å². The first-order valence-electron chi connectivity index (χ1n) is 7.87. The quantitative estimate of drug-likeness (QED) is 0.506. The number of carbonyl (C=O) groups excluding carboxylic acids is 1. The third kappa shape index (κ3) is 3.90. The Morgan fingerprint density at radius 1 is 1.19 bits per heavy atom. The normalized spacial score (nSPS) is 10.9. The highest BCUT2D eigenvalue weighted by molar-refractivity contribution is 7.15. The van der Waals surface area contributed by atoms with Crippen LogP contribution in [0, 0.1) is 0 Å². The lowest BCUT2D eigenvalue weighted by Crippen LogP contribution is -2.21. The molecule has 27 heavy (non-hydrogen) atoms. The van der Waals surface area contributed by atoms with Crippen LogP contribution in [0.4, 0.5) is 5.95 Å². The van der Waals surface area contributed by atoms with Crippen LogP contribution in [-0.2, 0) is 4.79 Å². The summed E-state index contributed by atoms with van der Waals surface area (Å²) >= 11 is 13.4. The summed E-state index contributed by atoms with van der Waals surface area (Å²) in [5.41, 5.74) is 1.93. The van der Waals surface area contributed by atoms with Crippen LogP contribution in [0.25, 0.3) is 16.2 Å². The van der Waals surface area contributed by atoms with Crippen LogP contribution in [-0.4, -0.2) is 27.1 Å². The number of hydrogen-bond acceptors (Lipinski definition) is 5.